The van der Waals surface area contributed by atoms with E-state index in [1.54, 1.807) is 0 Å². The maximum atomic E-state index is 14.2. The van der Waals surface area contributed by atoms with E-state index in [-0.39, 0.29) is 11.5 Å². The van der Waals surface area contributed by atoms with Gasteiger partial charge >= 0.3 is 12.5 Å². The second kappa shape index (κ2) is 10.5. The quantitative estimate of drug-likeness (QED) is 0.291. The Kier molecular flexibility index (Phi) is 8.58. The van der Waals surface area contributed by atoms with E-state index in [9.17, 15) is 30.7 Å². The molecule has 1 aromatic rings. The Hall–Kier alpha value is -1.77. The molecule has 1 saturated carbocycles. The average Bonchev–Trinajstić information content (AvgIpc) is 2.64. The Balaban J connectivity index is 1.85. The molecule has 9 heteroatoms. The molecule has 170 valence electrons. The van der Waals surface area contributed by atoms with Gasteiger partial charge in [-0.2, -0.15) is 8.78 Å². The second-order valence-electron chi connectivity index (χ2n) is 7.60. The third-order valence-electron chi connectivity index (χ3n) is 5.20. The lowest BCUT2D eigenvalue weighted by molar-refractivity contribution is -0.276. The van der Waals surface area contributed by atoms with Crippen molar-refractivity contribution >= 4 is 0 Å². The highest BCUT2D eigenvalue weighted by Gasteiger charge is 2.36. The van der Waals surface area contributed by atoms with Gasteiger partial charge in [0.05, 0.1) is 6.61 Å². The molecular formula is C21H25F7O2. The standard InChI is InChI=1S/C21H25F7O2/c1-2-3-4-5-14-6-8-15(9-7-14)12-20(24,25)29-13-16-10-17(22)19(18(23)11-16)30-21(26,27)28/h2-3,10-11,14-15H,4-9,12-13H2,1H3/t14-,15-. The Morgan fingerprint density at radius 1 is 0.967 bits per heavy atom. The van der Waals surface area contributed by atoms with Gasteiger partial charge in [0, 0.05) is 6.42 Å². The van der Waals surface area contributed by atoms with E-state index in [1.165, 1.54) is 0 Å². The molecule has 1 aliphatic rings. The van der Waals surface area contributed by atoms with Crippen LogP contribution in [0, 0.1) is 23.5 Å². The van der Waals surface area contributed by atoms with Crippen LogP contribution in [-0.4, -0.2) is 12.5 Å². The van der Waals surface area contributed by atoms with Crippen molar-refractivity contribution < 1.29 is 40.2 Å². The van der Waals surface area contributed by atoms with Crippen LogP contribution < -0.4 is 4.74 Å². The summed E-state index contributed by atoms with van der Waals surface area (Å²) in [6.45, 7) is 1.11. The number of ether oxygens (including phenoxy) is 2. The number of alkyl halides is 5. The highest BCUT2D eigenvalue weighted by Crippen LogP contribution is 2.38. The van der Waals surface area contributed by atoms with Crippen LogP contribution in [0.25, 0.3) is 0 Å². The van der Waals surface area contributed by atoms with Crippen LogP contribution in [0.2, 0.25) is 0 Å². The van der Waals surface area contributed by atoms with E-state index in [4.69, 9.17) is 0 Å². The monoisotopic (exact) mass is 442 g/mol. The zero-order valence-corrected chi connectivity index (χ0v) is 16.6. The first kappa shape index (κ1) is 24.5. The Morgan fingerprint density at radius 2 is 1.53 bits per heavy atom. The number of allylic oxidation sites excluding steroid dienone is 2. The summed E-state index contributed by atoms with van der Waals surface area (Å²) >= 11 is 0. The maximum Gasteiger partial charge on any atom is 0.573 e. The van der Waals surface area contributed by atoms with Crippen molar-refractivity contribution in [3.8, 4) is 5.75 Å². The molecule has 0 aliphatic heterocycles. The fourth-order valence-electron chi connectivity index (χ4n) is 3.72. The summed E-state index contributed by atoms with van der Waals surface area (Å²) in [6, 6.07) is 0.965. The first-order chi connectivity index (χ1) is 14.0. The smallest absolute Gasteiger partial charge is 0.399 e. The minimum absolute atomic E-state index is 0.214. The molecule has 0 saturated heterocycles. The molecule has 0 unspecified atom stereocenters. The molecule has 0 N–H and O–H groups in total. The number of hydrogen-bond acceptors (Lipinski definition) is 2. The third kappa shape index (κ3) is 8.16. The predicted octanol–water partition coefficient (Wildman–Crippen LogP) is 7.53. The third-order valence-corrected chi connectivity index (χ3v) is 5.20. The van der Waals surface area contributed by atoms with Crippen LogP contribution in [0.3, 0.4) is 0 Å². The van der Waals surface area contributed by atoms with Crippen LogP contribution >= 0.6 is 0 Å². The van der Waals surface area contributed by atoms with Gasteiger partial charge < -0.3 is 9.47 Å². The summed E-state index contributed by atoms with van der Waals surface area (Å²) < 4.78 is 99.9. The SMILES string of the molecule is CC=CCC[C@H]1CC[C@H](CC(F)(F)OCc2cc(F)c(OC(F)(F)F)c(F)c2)CC1. The fourth-order valence-corrected chi connectivity index (χ4v) is 3.72. The van der Waals surface area contributed by atoms with Crippen molar-refractivity contribution in [2.75, 3.05) is 0 Å². The van der Waals surface area contributed by atoms with Crippen LogP contribution in [0.4, 0.5) is 30.7 Å². The lowest BCUT2D eigenvalue weighted by Crippen LogP contribution is -2.27. The summed E-state index contributed by atoms with van der Waals surface area (Å²) in [5, 5.41) is 0. The molecule has 2 nitrogen and oxygen atoms in total. The van der Waals surface area contributed by atoms with Gasteiger partial charge in [0.15, 0.2) is 11.6 Å². The van der Waals surface area contributed by atoms with Gasteiger partial charge in [0.1, 0.15) is 0 Å². The summed E-state index contributed by atoms with van der Waals surface area (Å²) in [5.41, 5.74) is -0.355. The summed E-state index contributed by atoms with van der Waals surface area (Å²) in [6.07, 6.45) is -0.146. The van der Waals surface area contributed by atoms with Gasteiger partial charge in [0.2, 0.25) is 5.75 Å². The molecule has 0 atom stereocenters. The van der Waals surface area contributed by atoms with Gasteiger partial charge in [-0.15, -0.1) is 13.2 Å². The molecule has 0 bridgehead atoms. The minimum Gasteiger partial charge on any atom is -0.399 e. The number of hydrogen-bond donors (Lipinski definition) is 0. The minimum atomic E-state index is -5.28. The first-order valence-corrected chi connectivity index (χ1v) is 9.85. The van der Waals surface area contributed by atoms with Crippen molar-refractivity contribution in [1.29, 1.82) is 0 Å². The van der Waals surface area contributed by atoms with E-state index in [2.05, 4.69) is 15.5 Å². The number of rotatable bonds is 9. The first-order valence-electron chi connectivity index (χ1n) is 9.85. The van der Waals surface area contributed by atoms with Crippen molar-refractivity contribution in [3.05, 3.63) is 41.5 Å². The summed E-state index contributed by atoms with van der Waals surface area (Å²) in [7, 11) is 0. The van der Waals surface area contributed by atoms with Gasteiger partial charge in [-0.1, -0.05) is 25.0 Å². The Labute approximate surface area is 171 Å². The van der Waals surface area contributed by atoms with Crippen molar-refractivity contribution in [2.24, 2.45) is 11.8 Å². The van der Waals surface area contributed by atoms with E-state index in [0.717, 1.165) is 25.7 Å². The number of halogens is 7. The van der Waals surface area contributed by atoms with Crippen LogP contribution in [-0.2, 0) is 11.3 Å². The second-order valence-corrected chi connectivity index (χ2v) is 7.60. The zero-order chi connectivity index (χ0) is 22.4. The van der Waals surface area contributed by atoms with Crippen molar-refractivity contribution in [2.45, 2.75) is 70.9 Å². The Morgan fingerprint density at radius 3 is 2.07 bits per heavy atom. The van der Waals surface area contributed by atoms with E-state index >= 15 is 0 Å². The molecule has 1 aromatic carbocycles. The molecule has 1 aliphatic carbocycles. The van der Waals surface area contributed by atoms with Gasteiger partial charge in [-0.3, -0.25) is 0 Å². The molecule has 2 rings (SSSR count). The molecule has 0 heterocycles. The fraction of sp³-hybridized carbons (Fsp3) is 0.619. The molecule has 0 amide bonds. The van der Waals surface area contributed by atoms with Gasteiger partial charge in [0.25, 0.3) is 0 Å². The summed E-state index contributed by atoms with van der Waals surface area (Å²) in [4.78, 5) is 0. The molecule has 0 radical (unpaired) electrons. The number of benzene rings is 1. The van der Waals surface area contributed by atoms with E-state index < -0.39 is 42.9 Å². The normalized spacial score (nSPS) is 20.7. The van der Waals surface area contributed by atoms with Crippen LogP contribution in [0.15, 0.2) is 24.3 Å². The topological polar surface area (TPSA) is 18.5 Å². The van der Waals surface area contributed by atoms with Gasteiger partial charge in [-0.05, 0) is 62.1 Å². The van der Waals surface area contributed by atoms with Crippen molar-refractivity contribution in [3.63, 3.8) is 0 Å². The zero-order valence-electron chi connectivity index (χ0n) is 16.6. The highest BCUT2D eigenvalue weighted by atomic mass is 19.4. The van der Waals surface area contributed by atoms with Crippen LogP contribution in [0.5, 0.6) is 5.75 Å². The Bertz CT molecular complexity index is 685. The van der Waals surface area contributed by atoms with Crippen LogP contribution in [0.1, 0.15) is 57.4 Å². The van der Waals surface area contributed by atoms with Crippen molar-refractivity contribution in [1.82, 2.24) is 0 Å². The molecule has 1 fully saturated rings. The molecule has 0 aromatic heterocycles. The molecule has 0 spiro atoms. The van der Waals surface area contributed by atoms with E-state index in [1.807, 2.05) is 13.0 Å². The summed E-state index contributed by atoms with van der Waals surface area (Å²) in [5.74, 6) is -4.62. The predicted molar refractivity (Wildman–Crippen MR) is 96.9 cm³/mol. The lowest BCUT2D eigenvalue weighted by atomic mass is 9.78. The van der Waals surface area contributed by atoms with E-state index in [0.29, 0.717) is 30.9 Å². The molecular weight excluding hydrogens is 417 g/mol. The average molecular weight is 442 g/mol. The highest BCUT2D eigenvalue weighted by molar-refractivity contribution is 5.31. The largest absolute Gasteiger partial charge is 0.573 e. The maximum absolute atomic E-state index is 14.2. The van der Waals surface area contributed by atoms with Gasteiger partial charge in [-0.25, -0.2) is 8.78 Å². The lowest BCUT2D eigenvalue weighted by Gasteiger charge is -2.30. The molecule has 30 heavy (non-hydrogen) atoms.